The van der Waals surface area contributed by atoms with Gasteiger partial charge in [0.25, 0.3) is 0 Å². The van der Waals surface area contributed by atoms with E-state index >= 15 is 0 Å². The lowest BCUT2D eigenvalue weighted by molar-refractivity contribution is 0.838. The molecular weight excluding hydrogens is 187 g/mol. The van der Waals surface area contributed by atoms with Crippen LogP contribution in [-0.2, 0) is 2.92 Å². The van der Waals surface area contributed by atoms with Gasteiger partial charge < -0.3 is 0 Å². The zero-order valence-electron chi connectivity index (χ0n) is 1.16. The first kappa shape index (κ1) is 8.88. The summed E-state index contributed by atoms with van der Waals surface area (Å²) in [5, 5.41) is 0. The predicted octanol–water partition coefficient (Wildman–Crippen LogP) is 0.439. The van der Waals surface area contributed by atoms with E-state index in [1.165, 1.54) is 0 Å². The zero-order valence-corrected chi connectivity index (χ0v) is 4.34. The van der Waals surface area contributed by atoms with Gasteiger partial charge in [0.1, 0.15) is 32.5 Å². The molecule has 0 heterocycles. The highest BCUT2D eigenvalue weighted by atomic mass is 79.9. The maximum absolute atomic E-state index is 3.88. The summed E-state index contributed by atoms with van der Waals surface area (Å²) in [4.78, 5) is 0. The first-order valence-corrected chi connectivity index (χ1v) is 1.60. The van der Waals surface area contributed by atoms with E-state index in [1.54, 1.807) is 0 Å². The highest BCUT2D eigenvalue weighted by Gasteiger charge is 1.37. The van der Waals surface area contributed by atoms with Crippen LogP contribution in [0.1, 0.15) is 0 Å². The molecule has 0 bridgehead atoms. The van der Waals surface area contributed by atoms with Crippen molar-refractivity contribution in [1.82, 2.24) is 0 Å². The predicted molar refractivity (Wildman–Crippen MR) is 28.9 cm³/mol. The van der Waals surface area contributed by atoms with Crippen LogP contribution >= 0.6 is 32.5 Å². The molecule has 0 aromatic rings. The average molecular weight is 190 g/mol. The molecule has 0 aliphatic carbocycles. The molecular formula is H3BBr2O. The molecule has 0 rings (SSSR count). The third-order valence-corrected chi connectivity index (χ3v) is 0. The van der Waals surface area contributed by atoms with Gasteiger partial charge in [-0.3, -0.25) is 0 Å². The van der Waals surface area contributed by atoms with Crippen LogP contribution in [0.2, 0.25) is 0 Å². The number of hydrogen-bond acceptors (Lipinski definition) is 1. The van der Waals surface area contributed by atoms with E-state index in [0.29, 0.717) is 0 Å². The molecule has 0 amide bonds. The summed E-state index contributed by atoms with van der Waals surface area (Å²) >= 11 is 5.12. The summed E-state index contributed by atoms with van der Waals surface area (Å²) in [6.45, 7) is 0. The van der Waals surface area contributed by atoms with Gasteiger partial charge in [0.2, 0.25) is 0 Å². The monoisotopic (exact) mass is 188 g/mol. The van der Waals surface area contributed by atoms with Crippen molar-refractivity contribution in [1.29, 1.82) is 0 Å². The topological polar surface area (TPSA) is 9.23 Å². The molecule has 0 saturated heterocycles. The molecule has 0 N–H and O–H groups in total. The highest BCUT2D eigenvalue weighted by Crippen LogP contribution is 1.88. The van der Waals surface area contributed by atoms with Gasteiger partial charge in [-0.25, -0.2) is 2.92 Å². The molecule has 0 aliphatic rings. The van der Waals surface area contributed by atoms with Crippen molar-refractivity contribution in [2.75, 3.05) is 0 Å². The smallest absolute Gasteiger partial charge is 0.115 e. The van der Waals surface area contributed by atoms with Crippen molar-refractivity contribution >= 4 is 40.9 Å². The fraction of sp³-hybridized carbons (Fsp3) is 0. The van der Waals surface area contributed by atoms with E-state index in [9.17, 15) is 0 Å². The number of halogens is 2. The second-order valence-corrected chi connectivity index (χ2v) is 1.57. The third-order valence-electron chi connectivity index (χ3n) is 0. The normalized spacial score (nSPS) is 4.50. The molecule has 0 atom stereocenters. The largest absolute Gasteiger partial charge is 0.230 e. The molecule has 26 valence electrons. The Bertz CT molecular complexity index is 6.00. The van der Waals surface area contributed by atoms with E-state index in [-0.39, 0.29) is 8.41 Å². The molecule has 1 nitrogen and oxygen atoms in total. The van der Waals surface area contributed by atoms with Crippen LogP contribution in [0, 0.1) is 0 Å². The molecule has 0 unspecified atom stereocenters. The first-order valence-electron chi connectivity index (χ1n) is 0.309. The summed E-state index contributed by atoms with van der Waals surface area (Å²) in [5.41, 5.74) is 0. The summed E-state index contributed by atoms with van der Waals surface area (Å²) in [5.74, 6) is 0. The van der Waals surface area contributed by atoms with Crippen molar-refractivity contribution < 1.29 is 2.92 Å². The van der Waals surface area contributed by atoms with Crippen molar-refractivity contribution in [3.05, 3.63) is 0 Å². The fourth-order valence-corrected chi connectivity index (χ4v) is 0. The Labute approximate surface area is 44.2 Å². The van der Waals surface area contributed by atoms with Gasteiger partial charge in [-0.05, 0) is 0 Å². The van der Waals surface area contributed by atoms with Gasteiger partial charge >= 0.3 is 0 Å². The van der Waals surface area contributed by atoms with Gasteiger partial charge in [0, 0.05) is 0 Å². The second-order valence-electron chi connectivity index (χ2n) is 0.0583. The van der Waals surface area contributed by atoms with Gasteiger partial charge in [-0.2, -0.15) is 0 Å². The van der Waals surface area contributed by atoms with Crippen LogP contribution in [0.25, 0.3) is 0 Å². The number of hydrogen-bond donors (Lipinski definition) is 0. The molecule has 0 radical (unpaired) electrons. The van der Waals surface area contributed by atoms with E-state index in [0.717, 1.165) is 0 Å². The Hall–Kier alpha value is 0.985. The lowest BCUT2D eigenvalue weighted by atomic mass is 10.8. The average Bonchev–Trinajstić information content (AvgIpc) is 0.918. The maximum Gasteiger partial charge on any atom is 0.115 e. The van der Waals surface area contributed by atoms with E-state index in [2.05, 4.69) is 35.4 Å². The minimum absolute atomic E-state index is 0. The summed E-state index contributed by atoms with van der Waals surface area (Å²) in [6.07, 6.45) is 0. The van der Waals surface area contributed by atoms with Gasteiger partial charge in [0.05, 0.1) is 8.41 Å². The summed E-state index contributed by atoms with van der Waals surface area (Å²) < 4.78 is 3.88. The van der Waals surface area contributed by atoms with Crippen LogP contribution in [0.4, 0.5) is 0 Å². The molecule has 0 aliphatic heterocycles. The minimum Gasteiger partial charge on any atom is -0.230 e. The lowest BCUT2D eigenvalue weighted by Gasteiger charge is -1.48. The first-order chi connectivity index (χ1) is 1.41. The highest BCUT2D eigenvalue weighted by molar-refractivity contribution is 9.18. The minimum atomic E-state index is 0. The summed E-state index contributed by atoms with van der Waals surface area (Å²) in [7, 11) is 0. The maximum atomic E-state index is 3.88. The second kappa shape index (κ2) is 9.01. The quantitative estimate of drug-likeness (QED) is 0.503. The molecule has 0 aromatic carbocycles. The van der Waals surface area contributed by atoms with Crippen LogP contribution in [0.5, 0.6) is 0 Å². The Morgan fingerprint density at radius 3 is 1.25 bits per heavy atom. The lowest BCUT2D eigenvalue weighted by Crippen LogP contribution is -1.10. The van der Waals surface area contributed by atoms with Crippen molar-refractivity contribution in [3.8, 4) is 0 Å². The molecule has 0 aromatic heterocycles. The summed E-state index contributed by atoms with van der Waals surface area (Å²) in [6, 6.07) is 0. The molecule has 0 fully saturated rings. The molecule has 0 saturated carbocycles. The molecule has 4 heavy (non-hydrogen) atoms. The SMILES string of the molecule is B.BrOBr. The Balaban J connectivity index is 0. The van der Waals surface area contributed by atoms with Gasteiger partial charge in [-0.15, -0.1) is 0 Å². The molecule has 4 heteroatoms. The number of rotatable bonds is 0. The van der Waals surface area contributed by atoms with Gasteiger partial charge in [0.15, 0.2) is 0 Å². The Morgan fingerprint density at radius 2 is 1.25 bits per heavy atom. The van der Waals surface area contributed by atoms with Crippen molar-refractivity contribution in [2.45, 2.75) is 0 Å². The fourth-order valence-electron chi connectivity index (χ4n) is 0. The Kier molecular flexibility index (Phi) is 20.0. The standard InChI is InChI=1S/BH3.Br2O/c;1-3-2/h1H3;. The Morgan fingerprint density at radius 1 is 1.25 bits per heavy atom. The van der Waals surface area contributed by atoms with E-state index < -0.39 is 0 Å². The third kappa shape index (κ3) is 12.1. The van der Waals surface area contributed by atoms with Crippen LogP contribution in [-0.4, -0.2) is 8.41 Å². The van der Waals surface area contributed by atoms with Crippen LogP contribution < -0.4 is 0 Å². The van der Waals surface area contributed by atoms with Crippen LogP contribution in [0.3, 0.4) is 0 Å². The van der Waals surface area contributed by atoms with Crippen molar-refractivity contribution in [3.63, 3.8) is 0 Å². The zero-order chi connectivity index (χ0) is 2.71. The van der Waals surface area contributed by atoms with E-state index in [4.69, 9.17) is 0 Å². The van der Waals surface area contributed by atoms with E-state index in [1.807, 2.05) is 0 Å². The van der Waals surface area contributed by atoms with Crippen molar-refractivity contribution in [2.24, 2.45) is 0 Å². The van der Waals surface area contributed by atoms with Crippen LogP contribution in [0.15, 0.2) is 0 Å². The van der Waals surface area contributed by atoms with Gasteiger partial charge in [-0.1, -0.05) is 0 Å². The molecule has 0 spiro atoms.